The van der Waals surface area contributed by atoms with E-state index in [2.05, 4.69) is 40.6 Å². The van der Waals surface area contributed by atoms with Crippen molar-refractivity contribution in [2.75, 3.05) is 5.43 Å². The van der Waals surface area contributed by atoms with Gasteiger partial charge in [0.2, 0.25) is 5.13 Å². The quantitative estimate of drug-likeness (QED) is 0.300. The van der Waals surface area contributed by atoms with E-state index in [-0.39, 0.29) is 0 Å². The average molecular weight is 400 g/mol. The van der Waals surface area contributed by atoms with Gasteiger partial charge >= 0.3 is 0 Å². The second-order valence-corrected chi connectivity index (χ2v) is 7.48. The molecule has 0 unspecified atom stereocenters. The van der Waals surface area contributed by atoms with Gasteiger partial charge in [0.15, 0.2) is 0 Å². The molecule has 0 aliphatic heterocycles. The molecule has 5 heteroatoms. The first-order valence-corrected chi connectivity index (χ1v) is 10.2. The van der Waals surface area contributed by atoms with E-state index in [1.165, 1.54) is 16.9 Å². The smallest absolute Gasteiger partial charge is 0.203 e. The molecule has 1 N–H and O–H groups in total. The lowest BCUT2D eigenvalue weighted by molar-refractivity contribution is 0.306. The van der Waals surface area contributed by atoms with Gasteiger partial charge in [0, 0.05) is 10.9 Å². The highest BCUT2D eigenvalue weighted by atomic mass is 32.1. The highest BCUT2D eigenvalue weighted by molar-refractivity contribution is 7.14. The van der Waals surface area contributed by atoms with Crippen LogP contribution in [0.2, 0.25) is 0 Å². The summed E-state index contributed by atoms with van der Waals surface area (Å²) in [6, 6.07) is 26.3. The van der Waals surface area contributed by atoms with E-state index in [9.17, 15) is 0 Å². The van der Waals surface area contributed by atoms with Crippen LogP contribution in [0.1, 0.15) is 16.7 Å². The zero-order chi connectivity index (χ0) is 19.9. The lowest BCUT2D eigenvalue weighted by Crippen LogP contribution is -1.96. The molecule has 0 saturated carbocycles. The Bertz CT molecular complexity index is 1090. The largest absolute Gasteiger partial charge is 0.489 e. The van der Waals surface area contributed by atoms with E-state index < -0.39 is 0 Å². The first kappa shape index (κ1) is 18.9. The van der Waals surface area contributed by atoms with Crippen molar-refractivity contribution < 1.29 is 4.74 Å². The van der Waals surface area contributed by atoms with Gasteiger partial charge in [-0.1, -0.05) is 60.2 Å². The van der Waals surface area contributed by atoms with Gasteiger partial charge in [-0.15, -0.1) is 11.3 Å². The molecule has 1 heterocycles. The normalized spacial score (nSPS) is 10.9. The predicted octanol–water partition coefficient (Wildman–Crippen LogP) is 6.14. The topological polar surface area (TPSA) is 46.5 Å². The molecule has 0 spiro atoms. The summed E-state index contributed by atoms with van der Waals surface area (Å²) < 4.78 is 5.85. The van der Waals surface area contributed by atoms with Gasteiger partial charge in [-0.25, -0.2) is 4.98 Å². The summed E-state index contributed by atoms with van der Waals surface area (Å²) in [5, 5.41) is 7.07. The number of aromatic nitrogens is 1. The molecular weight excluding hydrogens is 378 g/mol. The Kier molecular flexibility index (Phi) is 5.98. The van der Waals surface area contributed by atoms with Gasteiger partial charge in [-0.3, -0.25) is 5.43 Å². The number of aryl methyl sites for hydroxylation is 1. The average Bonchev–Trinajstić information content (AvgIpc) is 3.23. The van der Waals surface area contributed by atoms with Crippen molar-refractivity contribution in [1.29, 1.82) is 0 Å². The molecule has 1 aromatic heterocycles. The molecule has 0 atom stereocenters. The Balaban J connectivity index is 1.31. The van der Waals surface area contributed by atoms with Crippen LogP contribution >= 0.6 is 11.3 Å². The van der Waals surface area contributed by atoms with Gasteiger partial charge in [-0.2, -0.15) is 5.10 Å². The maximum absolute atomic E-state index is 5.85. The van der Waals surface area contributed by atoms with Crippen molar-refractivity contribution >= 4 is 22.7 Å². The van der Waals surface area contributed by atoms with Crippen molar-refractivity contribution in [3.05, 3.63) is 101 Å². The third-order valence-electron chi connectivity index (χ3n) is 4.32. The highest BCUT2D eigenvalue weighted by Crippen LogP contribution is 2.24. The third kappa shape index (κ3) is 5.30. The first-order valence-electron chi connectivity index (χ1n) is 9.35. The fraction of sp³-hybridized carbons (Fsp3) is 0.0833. The summed E-state index contributed by atoms with van der Waals surface area (Å²) in [4.78, 5) is 4.56. The Labute approximate surface area is 174 Å². The Morgan fingerprint density at radius 3 is 2.62 bits per heavy atom. The monoisotopic (exact) mass is 399 g/mol. The molecule has 4 nitrogen and oxygen atoms in total. The molecule has 4 rings (SSSR count). The first-order chi connectivity index (χ1) is 14.3. The molecule has 0 aliphatic carbocycles. The van der Waals surface area contributed by atoms with Crippen LogP contribution in [0.25, 0.3) is 11.3 Å². The third-order valence-corrected chi connectivity index (χ3v) is 5.06. The number of ether oxygens (including phenoxy) is 1. The van der Waals surface area contributed by atoms with Crippen molar-refractivity contribution in [2.24, 2.45) is 5.10 Å². The standard InChI is InChI=1S/C24H21N3OS/c1-18-6-5-7-20(14-18)16-28-22-12-10-19(11-13-22)15-25-27-24-26-23(17-29-24)21-8-3-2-4-9-21/h2-15,17H,16H2,1H3,(H,26,27). The van der Waals surface area contributed by atoms with Crippen LogP contribution in [0, 0.1) is 6.92 Å². The van der Waals surface area contributed by atoms with Gasteiger partial charge in [0.25, 0.3) is 0 Å². The van der Waals surface area contributed by atoms with E-state index in [1.54, 1.807) is 6.21 Å². The summed E-state index contributed by atoms with van der Waals surface area (Å²) >= 11 is 1.53. The van der Waals surface area contributed by atoms with Crippen molar-refractivity contribution in [3.63, 3.8) is 0 Å². The SMILES string of the molecule is Cc1cccc(COc2ccc(C=NNc3nc(-c4ccccc4)cs3)cc2)c1. The minimum absolute atomic E-state index is 0.560. The maximum atomic E-state index is 5.85. The molecule has 0 aliphatic rings. The fourth-order valence-electron chi connectivity index (χ4n) is 2.85. The van der Waals surface area contributed by atoms with Gasteiger partial charge in [0.1, 0.15) is 12.4 Å². The molecule has 0 amide bonds. The zero-order valence-electron chi connectivity index (χ0n) is 16.1. The van der Waals surface area contributed by atoms with Crippen LogP contribution in [0.15, 0.2) is 89.3 Å². The van der Waals surface area contributed by atoms with E-state index >= 15 is 0 Å². The molecule has 0 bridgehead atoms. The van der Waals surface area contributed by atoms with E-state index in [4.69, 9.17) is 4.74 Å². The van der Waals surface area contributed by atoms with Gasteiger partial charge in [-0.05, 0) is 42.3 Å². The molecule has 0 fully saturated rings. The highest BCUT2D eigenvalue weighted by Gasteiger charge is 2.03. The fourth-order valence-corrected chi connectivity index (χ4v) is 3.52. The number of anilines is 1. The van der Waals surface area contributed by atoms with Crippen LogP contribution in [0.5, 0.6) is 5.75 Å². The van der Waals surface area contributed by atoms with Crippen LogP contribution in [-0.4, -0.2) is 11.2 Å². The lowest BCUT2D eigenvalue weighted by Gasteiger charge is -2.07. The summed E-state index contributed by atoms with van der Waals surface area (Å²) in [5.41, 5.74) is 8.43. The molecule has 3 aromatic carbocycles. The molecule has 4 aromatic rings. The second kappa shape index (κ2) is 9.17. The molecule has 0 radical (unpaired) electrons. The lowest BCUT2D eigenvalue weighted by atomic mass is 10.1. The van der Waals surface area contributed by atoms with Crippen LogP contribution < -0.4 is 10.2 Å². The number of nitrogens with zero attached hydrogens (tertiary/aromatic N) is 2. The molecule has 144 valence electrons. The number of hydrogen-bond acceptors (Lipinski definition) is 5. The van der Waals surface area contributed by atoms with Crippen LogP contribution in [0.4, 0.5) is 5.13 Å². The summed E-state index contributed by atoms with van der Waals surface area (Å²) in [7, 11) is 0. The number of benzene rings is 3. The summed E-state index contributed by atoms with van der Waals surface area (Å²) in [5.74, 6) is 0.837. The number of hydrazone groups is 1. The van der Waals surface area contributed by atoms with Gasteiger partial charge in [0.05, 0.1) is 11.9 Å². The Hall–Kier alpha value is -3.44. The Morgan fingerprint density at radius 2 is 1.83 bits per heavy atom. The second-order valence-electron chi connectivity index (χ2n) is 6.62. The van der Waals surface area contributed by atoms with E-state index in [0.29, 0.717) is 6.61 Å². The predicted molar refractivity (Wildman–Crippen MR) is 121 cm³/mol. The molecular formula is C24H21N3OS. The zero-order valence-corrected chi connectivity index (χ0v) is 16.9. The van der Waals surface area contributed by atoms with Gasteiger partial charge < -0.3 is 4.74 Å². The van der Waals surface area contributed by atoms with Crippen molar-refractivity contribution in [1.82, 2.24) is 4.98 Å². The maximum Gasteiger partial charge on any atom is 0.203 e. The van der Waals surface area contributed by atoms with Crippen molar-refractivity contribution in [2.45, 2.75) is 13.5 Å². The number of hydrogen-bond donors (Lipinski definition) is 1. The minimum Gasteiger partial charge on any atom is -0.489 e. The molecule has 29 heavy (non-hydrogen) atoms. The van der Waals surface area contributed by atoms with E-state index in [1.807, 2.05) is 66.0 Å². The number of thiazole rings is 1. The minimum atomic E-state index is 0.560. The molecule has 0 saturated heterocycles. The number of rotatable bonds is 7. The van der Waals surface area contributed by atoms with Crippen molar-refractivity contribution in [3.8, 4) is 17.0 Å². The summed E-state index contributed by atoms with van der Waals surface area (Å²) in [6.07, 6.45) is 1.77. The van der Waals surface area contributed by atoms with E-state index in [0.717, 1.165) is 33.3 Å². The Morgan fingerprint density at radius 1 is 1.00 bits per heavy atom. The van der Waals surface area contributed by atoms with Crippen LogP contribution in [0.3, 0.4) is 0 Å². The number of nitrogens with one attached hydrogen (secondary N) is 1. The summed E-state index contributed by atoms with van der Waals surface area (Å²) in [6.45, 7) is 2.64. The van der Waals surface area contributed by atoms with Crippen LogP contribution in [-0.2, 0) is 6.61 Å².